The Balaban J connectivity index is 1.80. The van der Waals surface area contributed by atoms with Gasteiger partial charge in [0.05, 0.1) is 5.69 Å². The molecule has 2 N–H and O–H groups in total. The van der Waals surface area contributed by atoms with E-state index < -0.39 is 0 Å². The normalized spacial score (nSPS) is 10.8. The molecule has 0 saturated heterocycles. The summed E-state index contributed by atoms with van der Waals surface area (Å²) in [7, 11) is 0. The quantitative estimate of drug-likeness (QED) is 0.741. The number of para-hydroxylation sites is 1. The number of nitrogen functional groups attached to an aromatic ring is 1. The summed E-state index contributed by atoms with van der Waals surface area (Å²) in [6.07, 6.45) is 0. The molecule has 0 amide bonds. The van der Waals surface area contributed by atoms with Crippen molar-refractivity contribution >= 4 is 28.4 Å². The predicted molar refractivity (Wildman–Crippen MR) is 74.2 cm³/mol. The van der Waals surface area contributed by atoms with E-state index in [9.17, 15) is 0 Å². The van der Waals surface area contributed by atoms with Crippen molar-refractivity contribution in [3.63, 3.8) is 0 Å². The molecule has 3 aromatic rings. The molecular formula is C14H11ClN2O2. The average Bonchev–Trinajstić information content (AvgIpc) is 2.81. The van der Waals surface area contributed by atoms with Crippen LogP contribution in [0.5, 0.6) is 5.75 Å². The highest BCUT2D eigenvalue weighted by molar-refractivity contribution is 6.30. The minimum Gasteiger partial charge on any atom is -0.484 e. The second-order valence-electron chi connectivity index (χ2n) is 4.05. The lowest BCUT2D eigenvalue weighted by atomic mass is 10.3. The zero-order valence-corrected chi connectivity index (χ0v) is 10.7. The van der Waals surface area contributed by atoms with E-state index in [-0.39, 0.29) is 6.61 Å². The monoisotopic (exact) mass is 274 g/mol. The first kappa shape index (κ1) is 11.9. The van der Waals surface area contributed by atoms with E-state index in [1.807, 2.05) is 24.3 Å². The number of nitrogens with zero attached hydrogens (tertiary/aromatic N) is 1. The van der Waals surface area contributed by atoms with Crippen molar-refractivity contribution in [2.45, 2.75) is 6.61 Å². The van der Waals surface area contributed by atoms with Crippen molar-refractivity contribution in [3.05, 3.63) is 53.4 Å². The van der Waals surface area contributed by atoms with Crippen LogP contribution in [0.1, 0.15) is 5.89 Å². The number of hydrogen-bond acceptors (Lipinski definition) is 4. The molecule has 96 valence electrons. The Kier molecular flexibility index (Phi) is 3.01. The highest BCUT2D eigenvalue weighted by atomic mass is 35.5. The van der Waals surface area contributed by atoms with Crippen LogP contribution in [0.2, 0.25) is 5.02 Å². The summed E-state index contributed by atoms with van der Waals surface area (Å²) in [6.45, 7) is 0.231. The number of hydrogen-bond donors (Lipinski definition) is 1. The molecule has 0 aliphatic carbocycles. The van der Waals surface area contributed by atoms with Gasteiger partial charge in [-0.3, -0.25) is 0 Å². The fraction of sp³-hybridized carbons (Fsp3) is 0.0714. The van der Waals surface area contributed by atoms with Gasteiger partial charge in [-0.25, -0.2) is 4.98 Å². The Labute approximate surface area is 114 Å². The number of nitrogens with two attached hydrogens (primary N) is 1. The van der Waals surface area contributed by atoms with Gasteiger partial charge < -0.3 is 14.9 Å². The molecule has 0 aliphatic heterocycles. The Morgan fingerprint density at radius 1 is 1.21 bits per heavy atom. The largest absolute Gasteiger partial charge is 0.484 e. The van der Waals surface area contributed by atoms with Crippen molar-refractivity contribution in [2.75, 3.05) is 5.73 Å². The summed E-state index contributed by atoms with van der Waals surface area (Å²) in [4.78, 5) is 4.30. The first-order valence-corrected chi connectivity index (χ1v) is 6.12. The molecule has 4 nitrogen and oxygen atoms in total. The molecule has 0 fully saturated rings. The number of rotatable bonds is 3. The zero-order chi connectivity index (χ0) is 13.2. The third-order valence-corrected chi connectivity index (χ3v) is 2.89. The maximum Gasteiger partial charge on any atom is 0.233 e. The van der Waals surface area contributed by atoms with Crippen LogP contribution in [0.4, 0.5) is 5.69 Å². The fourth-order valence-electron chi connectivity index (χ4n) is 1.78. The first-order chi connectivity index (χ1) is 9.22. The standard InChI is InChI=1S/C14H11ClN2O2/c15-9-3-1-4-10(7-9)18-8-13-17-14-11(16)5-2-6-12(14)19-13/h1-7H,8,16H2. The number of oxazole rings is 1. The van der Waals surface area contributed by atoms with Crippen LogP contribution in [0.3, 0.4) is 0 Å². The molecule has 0 atom stereocenters. The highest BCUT2D eigenvalue weighted by Crippen LogP contribution is 2.23. The average molecular weight is 275 g/mol. The molecule has 1 aromatic heterocycles. The van der Waals surface area contributed by atoms with Crippen LogP contribution in [-0.2, 0) is 6.61 Å². The van der Waals surface area contributed by atoms with Crippen LogP contribution >= 0.6 is 11.6 Å². The van der Waals surface area contributed by atoms with Crippen LogP contribution < -0.4 is 10.5 Å². The van der Waals surface area contributed by atoms with Gasteiger partial charge in [0.2, 0.25) is 5.89 Å². The minimum absolute atomic E-state index is 0.231. The van der Waals surface area contributed by atoms with Crippen molar-refractivity contribution in [3.8, 4) is 5.75 Å². The summed E-state index contributed by atoms with van der Waals surface area (Å²) in [6, 6.07) is 12.6. The molecule has 0 unspecified atom stereocenters. The van der Waals surface area contributed by atoms with Gasteiger partial charge in [-0.2, -0.15) is 0 Å². The smallest absolute Gasteiger partial charge is 0.233 e. The van der Waals surface area contributed by atoms with Gasteiger partial charge in [-0.15, -0.1) is 0 Å². The number of benzene rings is 2. The second kappa shape index (κ2) is 4.82. The maximum absolute atomic E-state index is 5.88. The molecular weight excluding hydrogens is 264 g/mol. The van der Waals surface area contributed by atoms with Gasteiger partial charge in [-0.1, -0.05) is 23.7 Å². The van der Waals surface area contributed by atoms with Gasteiger partial charge >= 0.3 is 0 Å². The van der Waals surface area contributed by atoms with E-state index in [0.717, 1.165) is 0 Å². The summed E-state index contributed by atoms with van der Waals surface area (Å²) in [5.74, 6) is 1.15. The van der Waals surface area contributed by atoms with Crippen molar-refractivity contribution in [1.29, 1.82) is 0 Å². The van der Waals surface area contributed by atoms with Crippen molar-refractivity contribution in [2.24, 2.45) is 0 Å². The van der Waals surface area contributed by atoms with Crippen molar-refractivity contribution in [1.82, 2.24) is 4.98 Å². The van der Waals surface area contributed by atoms with Crippen LogP contribution in [-0.4, -0.2) is 4.98 Å². The molecule has 3 rings (SSSR count). The summed E-state index contributed by atoms with van der Waals surface area (Å²) in [5.41, 5.74) is 7.73. The molecule has 1 heterocycles. The van der Waals surface area contributed by atoms with Gasteiger partial charge in [0.25, 0.3) is 0 Å². The summed E-state index contributed by atoms with van der Waals surface area (Å²) < 4.78 is 11.1. The van der Waals surface area contributed by atoms with E-state index >= 15 is 0 Å². The van der Waals surface area contributed by atoms with E-state index in [4.69, 9.17) is 26.5 Å². The number of ether oxygens (including phenoxy) is 1. The van der Waals surface area contributed by atoms with Gasteiger partial charge in [-0.05, 0) is 30.3 Å². The molecule has 5 heteroatoms. The molecule has 2 aromatic carbocycles. The van der Waals surface area contributed by atoms with Gasteiger partial charge in [0.1, 0.15) is 11.3 Å². The minimum atomic E-state index is 0.231. The lowest BCUT2D eigenvalue weighted by Gasteiger charge is -2.02. The molecule has 0 bridgehead atoms. The predicted octanol–water partition coefficient (Wildman–Crippen LogP) is 3.64. The molecule has 0 aliphatic rings. The Bertz CT molecular complexity index is 724. The first-order valence-electron chi connectivity index (χ1n) is 5.74. The molecule has 0 saturated carbocycles. The number of fused-ring (bicyclic) bond motifs is 1. The number of anilines is 1. The highest BCUT2D eigenvalue weighted by Gasteiger charge is 2.08. The van der Waals surface area contributed by atoms with Crippen LogP contribution in [0.15, 0.2) is 46.9 Å². The van der Waals surface area contributed by atoms with E-state index in [2.05, 4.69) is 4.98 Å². The van der Waals surface area contributed by atoms with E-state index in [1.165, 1.54) is 0 Å². The topological polar surface area (TPSA) is 61.3 Å². The van der Waals surface area contributed by atoms with Crippen LogP contribution in [0.25, 0.3) is 11.1 Å². The maximum atomic E-state index is 5.88. The lowest BCUT2D eigenvalue weighted by Crippen LogP contribution is -1.95. The van der Waals surface area contributed by atoms with Crippen LogP contribution in [0, 0.1) is 0 Å². The summed E-state index contributed by atoms with van der Waals surface area (Å²) in [5, 5.41) is 0.624. The molecule has 19 heavy (non-hydrogen) atoms. The second-order valence-corrected chi connectivity index (χ2v) is 4.48. The Morgan fingerprint density at radius 3 is 2.84 bits per heavy atom. The Hall–Kier alpha value is -2.20. The van der Waals surface area contributed by atoms with Gasteiger partial charge in [0.15, 0.2) is 12.2 Å². The van der Waals surface area contributed by atoms with Gasteiger partial charge in [0, 0.05) is 5.02 Å². The zero-order valence-electron chi connectivity index (χ0n) is 9.97. The third-order valence-electron chi connectivity index (χ3n) is 2.65. The molecule has 0 radical (unpaired) electrons. The SMILES string of the molecule is Nc1cccc2oc(COc3cccc(Cl)c3)nc12. The lowest BCUT2D eigenvalue weighted by molar-refractivity contribution is 0.267. The number of halogens is 1. The third kappa shape index (κ3) is 2.48. The fourth-order valence-corrected chi connectivity index (χ4v) is 1.96. The van der Waals surface area contributed by atoms with Crippen molar-refractivity contribution < 1.29 is 9.15 Å². The van der Waals surface area contributed by atoms with E-state index in [1.54, 1.807) is 18.2 Å². The number of aromatic nitrogens is 1. The van der Waals surface area contributed by atoms with E-state index in [0.29, 0.717) is 33.4 Å². The molecule has 0 spiro atoms. The summed E-state index contributed by atoms with van der Waals surface area (Å²) >= 11 is 5.88. The Morgan fingerprint density at radius 2 is 2.05 bits per heavy atom.